The normalized spacial score (nSPS) is 12.9. The highest BCUT2D eigenvalue weighted by Gasteiger charge is 2.12. The largest absolute Gasteiger partial charge is 0.394 e. The van der Waals surface area contributed by atoms with E-state index in [4.69, 9.17) is 5.11 Å². The number of aliphatic hydroxyl groups is 1. The van der Waals surface area contributed by atoms with Crippen molar-refractivity contribution in [1.29, 1.82) is 0 Å². The molecule has 0 saturated heterocycles. The van der Waals surface area contributed by atoms with E-state index in [0.29, 0.717) is 11.6 Å². The van der Waals surface area contributed by atoms with Gasteiger partial charge >= 0.3 is 0 Å². The van der Waals surface area contributed by atoms with Gasteiger partial charge < -0.3 is 15.4 Å². The topological polar surface area (TPSA) is 78.0 Å². The first-order chi connectivity index (χ1) is 7.02. The molecule has 1 atom stereocenters. The Hall–Kier alpha value is -1.36. The van der Waals surface area contributed by atoms with Crippen molar-refractivity contribution in [2.45, 2.75) is 26.8 Å². The Bertz CT molecular complexity index is 373. The summed E-state index contributed by atoms with van der Waals surface area (Å²) in [4.78, 5) is 17.8. The molecule has 5 nitrogen and oxygen atoms in total. The van der Waals surface area contributed by atoms with Crippen molar-refractivity contribution in [3.8, 4) is 0 Å². The Morgan fingerprint density at radius 1 is 1.60 bits per heavy atom. The van der Waals surface area contributed by atoms with Gasteiger partial charge in [-0.25, -0.2) is 4.98 Å². The molecule has 5 heteroatoms. The molecule has 0 aromatic carbocycles. The van der Waals surface area contributed by atoms with Crippen LogP contribution in [0.4, 0.5) is 5.82 Å². The van der Waals surface area contributed by atoms with Crippen LogP contribution in [0.1, 0.15) is 19.7 Å². The van der Waals surface area contributed by atoms with Gasteiger partial charge in [-0.15, -0.1) is 0 Å². The van der Waals surface area contributed by atoms with E-state index in [2.05, 4.69) is 15.3 Å². The van der Waals surface area contributed by atoms with E-state index in [-0.39, 0.29) is 24.1 Å². The van der Waals surface area contributed by atoms with Gasteiger partial charge in [0.25, 0.3) is 5.56 Å². The quantitative estimate of drug-likeness (QED) is 0.678. The van der Waals surface area contributed by atoms with Gasteiger partial charge in [0.15, 0.2) is 0 Å². The highest BCUT2D eigenvalue weighted by atomic mass is 16.3. The first-order valence-corrected chi connectivity index (χ1v) is 4.98. The molecular weight excluding hydrogens is 194 g/mol. The first kappa shape index (κ1) is 11.7. The number of hydrogen-bond donors (Lipinski definition) is 3. The van der Waals surface area contributed by atoms with E-state index >= 15 is 0 Å². The second kappa shape index (κ2) is 4.93. The van der Waals surface area contributed by atoms with Crippen LogP contribution in [-0.4, -0.2) is 27.7 Å². The SMILES string of the molecule is Cc1nc(N[C@H](CO)C(C)C)cc(=O)[nH]1. The summed E-state index contributed by atoms with van der Waals surface area (Å²) in [5.41, 5.74) is -0.189. The van der Waals surface area contributed by atoms with Gasteiger partial charge in [0.2, 0.25) is 0 Å². The number of aromatic amines is 1. The lowest BCUT2D eigenvalue weighted by molar-refractivity contribution is 0.249. The molecule has 0 aliphatic rings. The minimum Gasteiger partial charge on any atom is -0.394 e. The number of aromatic nitrogens is 2. The van der Waals surface area contributed by atoms with E-state index < -0.39 is 0 Å². The molecule has 0 unspecified atom stereocenters. The summed E-state index contributed by atoms with van der Waals surface area (Å²) in [6, 6.07) is 1.30. The second-order valence-electron chi connectivity index (χ2n) is 3.89. The van der Waals surface area contributed by atoms with Gasteiger partial charge in [-0.1, -0.05) is 13.8 Å². The molecule has 1 aromatic rings. The Balaban J connectivity index is 2.83. The molecule has 0 fully saturated rings. The zero-order chi connectivity index (χ0) is 11.4. The average Bonchev–Trinajstić information content (AvgIpc) is 2.12. The summed E-state index contributed by atoms with van der Waals surface area (Å²) in [5, 5.41) is 12.1. The standard InChI is InChI=1S/C10H17N3O2/c1-6(2)8(5-14)13-9-4-10(15)12-7(3)11-9/h4,6,8,14H,5H2,1-3H3,(H2,11,12,13,15)/t8-/m1/s1. The number of aryl methyl sites for hydroxylation is 1. The number of nitrogens with one attached hydrogen (secondary N) is 2. The summed E-state index contributed by atoms with van der Waals surface area (Å²) >= 11 is 0. The minimum absolute atomic E-state index is 0.0190. The molecule has 0 radical (unpaired) electrons. The molecule has 0 amide bonds. The van der Waals surface area contributed by atoms with E-state index in [9.17, 15) is 4.79 Å². The number of H-pyrrole nitrogens is 1. The van der Waals surface area contributed by atoms with Gasteiger partial charge in [-0.3, -0.25) is 4.79 Å². The molecule has 0 saturated carbocycles. The molecule has 0 aliphatic carbocycles. The minimum atomic E-state index is -0.189. The maximum absolute atomic E-state index is 11.2. The number of nitrogens with zero attached hydrogens (tertiary/aromatic N) is 1. The van der Waals surface area contributed by atoms with E-state index in [1.165, 1.54) is 6.07 Å². The molecule has 0 bridgehead atoms. The zero-order valence-electron chi connectivity index (χ0n) is 9.24. The lowest BCUT2D eigenvalue weighted by Crippen LogP contribution is -2.30. The van der Waals surface area contributed by atoms with Gasteiger partial charge in [0.1, 0.15) is 11.6 Å². The Labute approximate surface area is 88.6 Å². The van der Waals surface area contributed by atoms with E-state index in [1.54, 1.807) is 6.92 Å². The third kappa shape index (κ3) is 3.36. The van der Waals surface area contributed by atoms with Crippen molar-refractivity contribution in [2.75, 3.05) is 11.9 Å². The van der Waals surface area contributed by atoms with Crippen molar-refractivity contribution in [3.05, 3.63) is 22.2 Å². The van der Waals surface area contributed by atoms with Crippen LogP contribution in [0.5, 0.6) is 0 Å². The van der Waals surface area contributed by atoms with Crippen LogP contribution in [0.25, 0.3) is 0 Å². The number of aliphatic hydroxyl groups excluding tert-OH is 1. The maximum atomic E-state index is 11.2. The highest BCUT2D eigenvalue weighted by molar-refractivity contribution is 5.34. The fourth-order valence-electron chi connectivity index (χ4n) is 1.27. The molecule has 1 rings (SSSR count). The Morgan fingerprint density at radius 2 is 2.27 bits per heavy atom. The predicted molar refractivity (Wildman–Crippen MR) is 58.9 cm³/mol. The summed E-state index contributed by atoms with van der Waals surface area (Å²) in [6.45, 7) is 5.73. The van der Waals surface area contributed by atoms with Crippen molar-refractivity contribution in [2.24, 2.45) is 5.92 Å². The summed E-state index contributed by atoms with van der Waals surface area (Å²) < 4.78 is 0. The highest BCUT2D eigenvalue weighted by Crippen LogP contribution is 2.08. The van der Waals surface area contributed by atoms with Crippen molar-refractivity contribution in [1.82, 2.24) is 9.97 Å². The lowest BCUT2D eigenvalue weighted by Gasteiger charge is -2.20. The molecule has 0 aliphatic heterocycles. The molecule has 1 heterocycles. The summed E-state index contributed by atoms with van der Waals surface area (Å²) in [5.74, 6) is 1.34. The van der Waals surface area contributed by atoms with Crippen LogP contribution in [0, 0.1) is 12.8 Å². The molecule has 84 valence electrons. The fourth-order valence-corrected chi connectivity index (χ4v) is 1.27. The zero-order valence-corrected chi connectivity index (χ0v) is 9.24. The van der Waals surface area contributed by atoms with Crippen molar-refractivity contribution in [3.63, 3.8) is 0 Å². The molecule has 15 heavy (non-hydrogen) atoms. The van der Waals surface area contributed by atoms with Crippen LogP contribution in [0.3, 0.4) is 0 Å². The number of rotatable bonds is 4. The first-order valence-electron chi connectivity index (χ1n) is 4.98. The molecular formula is C10H17N3O2. The average molecular weight is 211 g/mol. The summed E-state index contributed by atoms with van der Waals surface area (Å²) in [7, 11) is 0. The van der Waals surface area contributed by atoms with Crippen LogP contribution in [0.15, 0.2) is 10.9 Å². The number of anilines is 1. The van der Waals surface area contributed by atoms with E-state index in [0.717, 1.165) is 0 Å². The van der Waals surface area contributed by atoms with Crippen molar-refractivity contribution >= 4 is 5.82 Å². The number of hydrogen-bond acceptors (Lipinski definition) is 4. The fraction of sp³-hybridized carbons (Fsp3) is 0.600. The smallest absolute Gasteiger partial charge is 0.252 e. The molecule has 1 aromatic heterocycles. The third-order valence-corrected chi connectivity index (χ3v) is 2.19. The third-order valence-electron chi connectivity index (χ3n) is 2.19. The van der Waals surface area contributed by atoms with Crippen LogP contribution in [-0.2, 0) is 0 Å². The van der Waals surface area contributed by atoms with Crippen LogP contribution < -0.4 is 10.9 Å². The lowest BCUT2D eigenvalue weighted by atomic mass is 10.1. The van der Waals surface area contributed by atoms with E-state index in [1.807, 2.05) is 13.8 Å². The predicted octanol–water partition coefficient (Wildman–Crippen LogP) is 0.507. The van der Waals surface area contributed by atoms with Crippen LogP contribution >= 0.6 is 0 Å². The van der Waals surface area contributed by atoms with Crippen molar-refractivity contribution < 1.29 is 5.11 Å². The summed E-state index contributed by atoms with van der Waals surface area (Å²) in [6.07, 6.45) is 0. The Morgan fingerprint density at radius 3 is 2.73 bits per heavy atom. The molecule has 0 spiro atoms. The second-order valence-corrected chi connectivity index (χ2v) is 3.89. The van der Waals surface area contributed by atoms with Crippen LogP contribution in [0.2, 0.25) is 0 Å². The van der Waals surface area contributed by atoms with Gasteiger partial charge in [0.05, 0.1) is 12.6 Å². The van der Waals surface area contributed by atoms with Gasteiger partial charge in [-0.2, -0.15) is 0 Å². The van der Waals surface area contributed by atoms with Gasteiger partial charge in [0, 0.05) is 6.07 Å². The van der Waals surface area contributed by atoms with Gasteiger partial charge in [-0.05, 0) is 12.8 Å². The Kier molecular flexibility index (Phi) is 3.85. The maximum Gasteiger partial charge on any atom is 0.252 e. The molecule has 3 N–H and O–H groups in total. The monoisotopic (exact) mass is 211 g/mol.